The van der Waals surface area contributed by atoms with E-state index in [1.807, 2.05) is 35.8 Å². The number of carbonyl (C=O) groups excluding carboxylic acids is 1. The monoisotopic (exact) mass is 486 g/mol. The van der Waals surface area contributed by atoms with Crippen molar-refractivity contribution in [3.05, 3.63) is 47.5 Å². The van der Waals surface area contributed by atoms with Crippen molar-refractivity contribution in [3.63, 3.8) is 0 Å². The van der Waals surface area contributed by atoms with Crippen molar-refractivity contribution in [2.75, 3.05) is 18.7 Å². The minimum absolute atomic E-state index is 0.101. The Labute approximate surface area is 200 Å². The summed E-state index contributed by atoms with van der Waals surface area (Å²) < 4.78 is 18.6. The van der Waals surface area contributed by atoms with Crippen LogP contribution in [0.2, 0.25) is 5.02 Å². The molecule has 1 fully saturated rings. The summed E-state index contributed by atoms with van der Waals surface area (Å²) in [6.45, 7) is 3.43. The molecule has 1 amide bonds. The lowest BCUT2D eigenvalue weighted by atomic mass is 10.2. The van der Waals surface area contributed by atoms with Gasteiger partial charge in [-0.05, 0) is 56.2 Å². The van der Waals surface area contributed by atoms with Gasteiger partial charge >= 0.3 is 0 Å². The van der Waals surface area contributed by atoms with E-state index in [1.54, 1.807) is 18.2 Å². The molecule has 0 aliphatic carbocycles. The van der Waals surface area contributed by atoms with Crippen molar-refractivity contribution in [1.29, 1.82) is 0 Å². The number of hydrogen-bond donors (Lipinski definition) is 1. The number of hydrogen-bond acceptors (Lipinski definition) is 7. The third-order valence-corrected chi connectivity index (χ3v) is 6.85. The van der Waals surface area contributed by atoms with Gasteiger partial charge in [0.25, 0.3) is 0 Å². The Morgan fingerprint density at radius 1 is 1.21 bits per heavy atom. The summed E-state index contributed by atoms with van der Waals surface area (Å²) >= 11 is 7.42. The molecule has 1 N–H and O–H groups in total. The van der Waals surface area contributed by atoms with Gasteiger partial charge < -0.3 is 19.5 Å². The summed E-state index contributed by atoms with van der Waals surface area (Å²) in [5.74, 6) is 1.89. The topological polar surface area (TPSA) is 87.5 Å². The molecule has 3 aromatic rings. The molecule has 10 heteroatoms. The van der Waals surface area contributed by atoms with Crippen LogP contribution in [0.25, 0.3) is 11.4 Å². The first-order valence-electron chi connectivity index (χ1n) is 10.7. The maximum absolute atomic E-state index is 12.9. The van der Waals surface area contributed by atoms with Gasteiger partial charge in [-0.3, -0.25) is 9.36 Å². The van der Waals surface area contributed by atoms with E-state index in [0.717, 1.165) is 30.8 Å². The van der Waals surface area contributed by atoms with E-state index in [2.05, 4.69) is 15.5 Å². The van der Waals surface area contributed by atoms with Crippen LogP contribution in [-0.2, 0) is 16.1 Å². The van der Waals surface area contributed by atoms with Gasteiger partial charge in [0.05, 0.1) is 17.9 Å². The van der Waals surface area contributed by atoms with Crippen LogP contribution in [0.5, 0.6) is 11.5 Å². The molecule has 2 atom stereocenters. The van der Waals surface area contributed by atoms with E-state index in [9.17, 15) is 4.79 Å². The fourth-order valence-electron chi connectivity index (χ4n) is 3.77. The van der Waals surface area contributed by atoms with Crippen molar-refractivity contribution < 1.29 is 19.0 Å². The van der Waals surface area contributed by atoms with Gasteiger partial charge in [-0.25, -0.2) is 0 Å². The van der Waals surface area contributed by atoms with E-state index in [1.165, 1.54) is 11.8 Å². The summed E-state index contributed by atoms with van der Waals surface area (Å²) in [7, 11) is 0. The average molecular weight is 487 g/mol. The molecule has 0 spiro atoms. The highest BCUT2D eigenvalue weighted by atomic mass is 35.5. The summed E-state index contributed by atoms with van der Waals surface area (Å²) in [6, 6.07) is 12.8. The number of benzene rings is 2. The van der Waals surface area contributed by atoms with Crippen molar-refractivity contribution in [2.24, 2.45) is 0 Å². The van der Waals surface area contributed by atoms with Crippen molar-refractivity contribution in [1.82, 2.24) is 14.8 Å². The number of aromatic nitrogens is 3. The lowest BCUT2D eigenvalue weighted by molar-refractivity contribution is -0.115. The molecule has 2 aliphatic heterocycles. The fourth-order valence-corrected chi connectivity index (χ4v) is 4.76. The SMILES string of the molecule is C[C@H](Sc1nnc(-c2ccc(Cl)cc2)n1C[C@H]1CCCO1)C(=O)Nc1ccc2c(c1)OCO2. The van der Waals surface area contributed by atoms with Gasteiger partial charge in [0.1, 0.15) is 0 Å². The maximum Gasteiger partial charge on any atom is 0.237 e. The Morgan fingerprint density at radius 3 is 2.82 bits per heavy atom. The van der Waals surface area contributed by atoms with E-state index >= 15 is 0 Å². The number of amides is 1. The summed E-state index contributed by atoms with van der Waals surface area (Å²) in [5, 5.41) is 12.7. The highest BCUT2D eigenvalue weighted by Gasteiger charge is 2.25. The molecule has 0 radical (unpaired) electrons. The first-order valence-corrected chi connectivity index (χ1v) is 12.0. The van der Waals surface area contributed by atoms with Crippen molar-refractivity contribution >= 4 is 35.0 Å². The molecule has 1 saturated heterocycles. The number of fused-ring (bicyclic) bond motifs is 1. The van der Waals surface area contributed by atoms with Crippen LogP contribution in [0.4, 0.5) is 5.69 Å². The zero-order chi connectivity index (χ0) is 22.8. The number of nitrogens with one attached hydrogen (secondary N) is 1. The second-order valence-electron chi connectivity index (χ2n) is 7.88. The van der Waals surface area contributed by atoms with Crippen LogP contribution in [-0.4, -0.2) is 45.4 Å². The van der Waals surface area contributed by atoms with Crippen LogP contribution >= 0.6 is 23.4 Å². The molecule has 0 bridgehead atoms. The lowest BCUT2D eigenvalue weighted by Crippen LogP contribution is -2.23. The molecule has 2 aromatic carbocycles. The van der Waals surface area contributed by atoms with E-state index < -0.39 is 5.25 Å². The van der Waals surface area contributed by atoms with Gasteiger partial charge in [0.2, 0.25) is 12.7 Å². The number of carbonyl (C=O) groups is 1. The highest BCUT2D eigenvalue weighted by Crippen LogP contribution is 2.35. The van der Waals surface area contributed by atoms with Crippen LogP contribution in [0, 0.1) is 0 Å². The van der Waals surface area contributed by atoms with Crippen LogP contribution in [0.3, 0.4) is 0 Å². The zero-order valence-electron chi connectivity index (χ0n) is 18.0. The Kier molecular flexibility index (Phi) is 6.43. The van der Waals surface area contributed by atoms with Gasteiger partial charge in [-0.1, -0.05) is 23.4 Å². The number of rotatable bonds is 7. The lowest BCUT2D eigenvalue weighted by Gasteiger charge is -2.16. The average Bonchev–Trinajstić information content (AvgIpc) is 3.57. The summed E-state index contributed by atoms with van der Waals surface area (Å²) in [5.41, 5.74) is 1.56. The Morgan fingerprint density at radius 2 is 2.03 bits per heavy atom. The van der Waals surface area contributed by atoms with E-state index in [0.29, 0.717) is 33.9 Å². The Bertz CT molecular complexity index is 1150. The number of nitrogens with zero attached hydrogens (tertiary/aromatic N) is 3. The predicted octanol–water partition coefficient (Wildman–Crippen LogP) is 4.63. The van der Waals surface area contributed by atoms with Gasteiger partial charge in [0, 0.05) is 28.9 Å². The largest absolute Gasteiger partial charge is 0.454 e. The number of halogens is 1. The molecule has 1 aromatic heterocycles. The third-order valence-electron chi connectivity index (χ3n) is 5.52. The highest BCUT2D eigenvalue weighted by molar-refractivity contribution is 8.00. The summed E-state index contributed by atoms with van der Waals surface area (Å²) in [6.07, 6.45) is 2.13. The molecule has 172 valence electrons. The molecular formula is C23H23ClN4O4S. The van der Waals surface area contributed by atoms with Crippen molar-refractivity contribution in [2.45, 2.75) is 42.8 Å². The first kappa shape index (κ1) is 22.1. The number of ether oxygens (including phenoxy) is 3. The minimum Gasteiger partial charge on any atom is -0.454 e. The van der Waals surface area contributed by atoms with Gasteiger partial charge in [-0.15, -0.1) is 10.2 Å². The quantitative estimate of drug-likeness (QED) is 0.487. The standard InChI is InChI=1S/C23H23ClN4O4S/c1-14(22(29)25-17-8-9-19-20(11-17)32-13-31-19)33-23-27-26-21(15-4-6-16(24)7-5-15)28(23)12-18-3-2-10-30-18/h4-9,11,14,18H,2-3,10,12-13H2,1H3,(H,25,29)/t14-,18+/m0/s1. The molecular weight excluding hydrogens is 464 g/mol. The molecule has 2 aliphatic rings. The molecule has 8 nitrogen and oxygen atoms in total. The fraction of sp³-hybridized carbons (Fsp3) is 0.348. The normalized spacial score (nSPS) is 17.8. The molecule has 33 heavy (non-hydrogen) atoms. The predicted molar refractivity (Wildman–Crippen MR) is 126 cm³/mol. The summed E-state index contributed by atoms with van der Waals surface area (Å²) in [4.78, 5) is 12.9. The third kappa shape index (κ3) is 4.95. The Hall–Kier alpha value is -2.75. The van der Waals surface area contributed by atoms with E-state index in [4.69, 9.17) is 25.8 Å². The number of anilines is 1. The van der Waals surface area contributed by atoms with Crippen LogP contribution < -0.4 is 14.8 Å². The second kappa shape index (κ2) is 9.62. The van der Waals surface area contributed by atoms with Gasteiger partial charge in [0.15, 0.2) is 22.5 Å². The van der Waals surface area contributed by atoms with E-state index in [-0.39, 0.29) is 18.8 Å². The molecule has 3 heterocycles. The number of thioether (sulfide) groups is 1. The first-order chi connectivity index (χ1) is 16.1. The second-order valence-corrected chi connectivity index (χ2v) is 9.62. The molecule has 0 saturated carbocycles. The Balaban J connectivity index is 1.34. The minimum atomic E-state index is -0.402. The maximum atomic E-state index is 12.9. The van der Waals surface area contributed by atoms with Gasteiger partial charge in [-0.2, -0.15) is 0 Å². The molecule has 0 unspecified atom stereocenters. The van der Waals surface area contributed by atoms with Crippen LogP contribution in [0.15, 0.2) is 47.6 Å². The molecule has 5 rings (SSSR count). The smallest absolute Gasteiger partial charge is 0.237 e. The van der Waals surface area contributed by atoms with Crippen LogP contribution in [0.1, 0.15) is 19.8 Å². The zero-order valence-corrected chi connectivity index (χ0v) is 19.6. The van der Waals surface area contributed by atoms with Crippen molar-refractivity contribution in [3.8, 4) is 22.9 Å².